The van der Waals surface area contributed by atoms with E-state index in [-0.39, 0.29) is 18.2 Å². The minimum absolute atomic E-state index is 0.244. The van der Waals surface area contributed by atoms with Gasteiger partial charge in [-0.3, -0.25) is 23.9 Å². The first-order chi connectivity index (χ1) is 21.4. The number of thioether (sulfide) groups is 1. The second-order valence-electron chi connectivity index (χ2n) is 10.9. The van der Waals surface area contributed by atoms with Crippen molar-refractivity contribution in [2.24, 2.45) is 0 Å². The number of thiazole rings is 1. The van der Waals surface area contributed by atoms with E-state index in [4.69, 9.17) is 17.0 Å². The van der Waals surface area contributed by atoms with Gasteiger partial charge in [0.2, 0.25) is 0 Å². The van der Waals surface area contributed by atoms with Crippen molar-refractivity contribution >= 4 is 80.4 Å². The third-order valence-electron chi connectivity index (χ3n) is 7.99. The normalized spacial score (nSPS) is 18.2. The zero-order valence-corrected chi connectivity index (χ0v) is 27.7. The Bertz CT molecular complexity index is 1770. The van der Waals surface area contributed by atoms with Gasteiger partial charge in [-0.25, -0.2) is 0 Å². The molecule has 1 fully saturated rings. The molecular weight excluding hydrogens is 611 g/mol. The molecule has 3 heterocycles. The lowest BCUT2D eigenvalue weighted by atomic mass is 9.93. The number of rotatable bonds is 11. The fraction of sp³-hybridized carbons (Fsp3) is 0.353. The summed E-state index contributed by atoms with van der Waals surface area (Å²) in [5.74, 6) is 0.143. The summed E-state index contributed by atoms with van der Waals surface area (Å²) in [7, 11) is 0. The van der Waals surface area contributed by atoms with Gasteiger partial charge in [-0.15, -0.1) is 11.3 Å². The quantitative estimate of drug-likeness (QED) is 0.146. The fourth-order valence-electron chi connectivity index (χ4n) is 5.76. The number of nitrogens with zero attached hydrogens (tertiary/aromatic N) is 3. The monoisotopic (exact) mass is 647 g/mol. The van der Waals surface area contributed by atoms with E-state index >= 15 is 0 Å². The van der Waals surface area contributed by atoms with Gasteiger partial charge in [-0.05, 0) is 66.6 Å². The molecule has 1 aromatic heterocycles. The van der Waals surface area contributed by atoms with Crippen molar-refractivity contribution in [3.63, 3.8) is 0 Å². The molecular formula is C34H37N3O4S3. The zero-order valence-electron chi connectivity index (χ0n) is 25.3. The first-order valence-corrected chi connectivity index (χ1v) is 17.1. The lowest BCUT2D eigenvalue weighted by molar-refractivity contribution is -0.132. The molecule has 5 rings (SSSR count). The third-order valence-corrected chi connectivity index (χ3v) is 10.7. The SMILES string of the molecule is CCCCCCN1c2ccc(/C=C/C=c3/s/c(=C4/SC(=S)N(CC)C4=O)n(COC=O)c3=O)cc2CC(C)c2ccccc21. The lowest BCUT2D eigenvalue weighted by Crippen LogP contribution is -2.34. The maximum absolute atomic E-state index is 13.3. The second-order valence-corrected chi connectivity index (χ2v) is 13.6. The van der Waals surface area contributed by atoms with Crippen LogP contribution < -0.4 is 19.7 Å². The summed E-state index contributed by atoms with van der Waals surface area (Å²) in [6, 6.07) is 15.4. The van der Waals surface area contributed by atoms with Crippen LogP contribution in [0.1, 0.15) is 69.1 Å². The maximum Gasteiger partial charge on any atom is 0.294 e. The van der Waals surface area contributed by atoms with Gasteiger partial charge in [0.15, 0.2) is 6.73 Å². The molecule has 3 aromatic rings. The van der Waals surface area contributed by atoms with Crippen LogP contribution in [0.4, 0.5) is 11.4 Å². The molecule has 230 valence electrons. The molecule has 1 saturated heterocycles. The number of hydrogen-bond donors (Lipinski definition) is 0. The number of fused-ring (bicyclic) bond motifs is 2. The molecule has 2 aliphatic rings. The van der Waals surface area contributed by atoms with Crippen LogP contribution >= 0.6 is 35.3 Å². The predicted octanol–water partition coefficient (Wildman–Crippen LogP) is 5.90. The molecule has 2 aliphatic heterocycles. The molecule has 1 atom stereocenters. The molecule has 0 bridgehead atoms. The number of ether oxygens (including phenoxy) is 1. The highest BCUT2D eigenvalue weighted by Gasteiger charge is 2.33. The van der Waals surface area contributed by atoms with Gasteiger partial charge in [0.1, 0.15) is 13.9 Å². The molecule has 1 unspecified atom stereocenters. The summed E-state index contributed by atoms with van der Waals surface area (Å²) < 4.78 is 7.55. The largest absolute Gasteiger partial charge is 0.446 e. The van der Waals surface area contributed by atoms with Crippen molar-refractivity contribution in [1.82, 2.24) is 9.47 Å². The van der Waals surface area contributed by atoms with Crippen molar-refractivity contribution in [2.45, 2.75) is 65.5 Å². The number of unbranched alkanes of at least 4 members (excludes halogenated alkanes) is 3. The van der Waals surface area contributed by atoms with E-state index in [0.29, 0.717) is 37.4 Å². The summed E-state index contributed by atoms with van der Waals surface area (Å²) in [6.45, 7) is 7.83. The van der Waals surface area contributed by atoms with Crippen molar-refractivity contribution in [1.29, 1.82) is 0 Å². The van der Waals surface area contributed by atoms with E-state index in [1.807, 2.05) is 19.1 Å². The third kappa shape index (κ3) is 6.62. The van der Waals surface area contributed by atoms with Gasteiger partial charge in [0.25, 0.3) is 17.9 Å². The van der Waals surface area contributed by atoms with Crippen LogP contribution in [0.15, 0.2) is 53.3 Å². The van der Waals surface area contributed by atoms with Gasteiger partial charge in [-0.2, -0.15) is 0 Å². The van der Waals surface area contributed by atoms with Gasteiger partial charge in [-0.1, -0.05) is 93.5 Å². The summed E-state index contributed by atoms with van der Waals surface area (Å²) in [4.78, 5) is 41.5. The Morgan fingerprint density at radius 1 is 1.05 bits per heavy atom. The standard InChI is InChI=1S/C34H37N3O4S3/c1-4-6-7-10-18-36-27-17-16-24(20-25(27)19-23(3)26-13-8-9-14-28(26)36)12-11-15-29-31(39)37(21-41-22-38)33(43-29)30-32(40)35(5-2)34(42)44-30/h8-9,11-17,20,22-23H,4-7,10,18-19,21H2,1-3H3/b12-11+,29-15+,33-30+. The average molecular weight is 648 g/mol. The molecule has 44 heavy (non-hydrogen) atoms. The molecule has 0 N–H and O–H groups in total. The molecule has 7 nitrogen and oxygen atoms in total. The molecule has 0 spiro atoms. The van der Waals surface area contributed by atoms with Gasteiger partial charge in [0, 0.05) is 24.5 Å². The number of allylic oxidation sites excluding steroid dienone is 1. The molecule has 0 saturated carbocycles. The van der Waals surface area contributed by atoms with E-state index in [9.17, 15) is 14.4 Å². The average Bonchev–Trinajstić information content (AvgIpc) is 3.45. The van der Waals surface area contributed by atoms with Gasteiger partial charge >= 0.3 is 0 Å². The smallest absolute Gasteiger partial charge is 0.294 e. The first kappa shape index (κ1) is 31.9. The number of aromatic nitrogens is 1. The Morgan fingerprint density at radius 3 is 2.61 bits per heavy atom. The van der Waals surface area contributed by atoms with E-state index in [0.717, 1.165) is 36.7 Å². The summed E-state index contributed by atoms with van der Waals surface area (Å²) in [5.41, 5.74) is 5.97. The lowest BCUT2D eigenvalue weighted by Gasteiger charge is -2.27. The number of para-hydroxylation sites is 1. The second kappa shape index (κ2) is 14.5. The Balaban J connectivity index is 1.48. The minimum atomic E-state index is -0.328. The van der Waals surface area contributed by atoms with Crippen LogP contribution in [0.25, 0.3) is 17.1 Å². The van der Waals surface area contributed by atoms with Crippen LogP contribution in [0.3, 0.4) is 0 Å². The van der Waals surface area contributed by atoms with Crippen molar-refractivity contribution < 1.29 is 14.3 Å². The van der Waals surface area contributed by atoms with Gasteiger partial charge < -0.3 is 9.64 Å². The van der Waals surface area contributed by atoms with Crippen molar-refractivity contribution in [3.05, 3.63) is 84.8 Å². The molecule has 0 aliphatic carbocycles. The molecule has 0 radical (unpaired) electrons. The predicted molar refractivity (Wildman–Crippen MR) is 186 cm³/mol. The van der Waals surface area contributed by atoms with Crippen LogP contribution in [-0.2, 0) is 27.5 Å². The van der Waals surface area contributed by atoms with Crippen molar-refractivity contribution in [3.8, 4) is 0 Å². The van der Waals surface area contributed by atoms with E-state index < -0.39 is 0 Å². The van der Waals surface area contributed by atoms with E-state index in [1.54, 1.807) is 6.08 Å². The Labute approximate surface area is 271 Å². The minimum Gasteiger partial charge on any atom is -0.446 e. The Morgan fingerprint density at radius 2 is 1.86 bits per heavy atom. The Kier molecular flexibility index (Phi) is 10.6. The summed E-state index contributed by atoms with van der Waals surface area (Å²) in [6.07, 6.45) is 11.4. The van der Waals surface area contributed by atoms with Gasteiger partial charge in [0.05, 0.1) is 4.53 Å². The van der Waals surface area contributed by atoms with E-state index in [2.05, 4.69) is 61.2 Å². The summed E-state index contributed by atoms with van der Waals surface area (Å²) >= 11 is 7.72. The number of amides is 1. The van der Waals surface area contributed by atoms with Crippen LogP contribution in [0.5, 0.6) is 0 Å². The van der Waals surface area contributed by atoms with E-state index in [1.165, 1.54) is 62.6 Å². The maximum atomic E-state index is 13.3. The number of thiocarbonyl (C=S) groups is 1. The number of anilines is 2. The van der Waals surface area contributed by atoms with Crippen LogP contribution in [0.2, 0.25) is 0 Å². The number of benzene rings is 2. The fourth-order valence-corrected chi connectivity index (χ4v) is 8.35. The highest BCUT2D eigenvalue weighted by atomic mass is 32.2. The zero-order chi connectivity index (χ0) is 31.2. The number of hydrogen-bond acceptors (Lipinski definition) is 8. The molecule has 10 heteroatoms. The topological polar surface area (TPSA) is 71.8 Å². The number of carbonyl (C=O) groups excluding carboxylic acids is 2. The molecule has 1 amide bonds. The molecule has 2 aromatic carbocycles. The van der Waals surface area contributed by atoms with Crippen LogP contribution in [0, 0.1) is 0 Å². The highest BCUT2D eigenvalue weighted by molar-refractivity contribution is 8.30. The summed E-state index contributed by atoms with van der Waals surface area (Å²) in [5, 5.41) is 0. The Hall–Kier alpha value is -3.47. The highest BCUT2D eigenvalue weighted by Crippen LogP contribution is 2.41. The first-order valence-electron chi connectivity index (χ1n) is 15.1. The number of carbonyl (C=O) groups is 2. The van der Waals surface area contributed by atoms with Crippen molar-refractivity contribution in [2.75, 3.05) is 18.0 Å². The van der Waals surface area contributed by atoms with Crippen LogP contribution in [-0.4, -0.2) is 39.3 Å².